The third-order valence-electron chi connectivity index (χ3n) is 4.62. The summed E-state index contributed by atoms with van der Waals surface area (Å²) in [6.07, 6.45) is 3.97. The molecule has 0 aliphatic rings. The number of hydrogen-bond donors (Lipinski definition) is 1. The lowest BCUT2D eigenvalue weighted by atomic mass is 10.1. The van der Waals surface area contributed by atoms with Crippen molar-refractivity contribution >= 4 is 23.6 Å². The molecule has 0 saturated carbocycles. The number of nitrogens with zero attached hydrogens (tertiary/aromatic N) is 1. The summed E-state index contributed by atoms with van der Waals surface area (Å²) in [5.41, 5.74) is 1.52. The van der Waals surface area contributed by atoms with Gasteiger partial charge in [-0.1, -0.05) is 31.2 Å². The SMILES string of the molecule is CCCN(C(=O)/C=C/c1ccc(OCC)c(OCC)c1)C(C)C(=O)Nc1ccccc1. The number of para-hydroxylation sites is 1. The summed E-state index contributed by atoms with van der Waals surface area (Å²) in [5.74, 6) is 0.872. The fraction of sp³-hybridized carbons (Fsp3) is 0.360. The minimum Gasteiger partial charge on any atom is -0.490 e. The zero-order valence-corrected chi connectivity index (χ0v) is 18.8. The Balaban J connectivity index is 2.12. The minimum atomic E-state index is -0.600. The Kier molecular flexibility index (Phi) is 9.62. The number of ether oxygens (including phenoxy) is 2. The third kappa shape index (κ3) is 7.17. The predicted molar refractivity (Wildman–Crippen MR) is 124 cm³/mol. The van der Waals surface area contributed by atoms with Crippen molar-refractivity contribution in [3.05, 3.63) is 60.2 Å². The number of carbonyl (C=O) groups excluding carboxylic acids is 2. The molecule has 2 amide bonds. The Morgan fingerprint density at radius 2 is 1.68 bits per heavy atom. The standard InChI is InChI=1S/C25H32N2O4/c1-5-17-27(19(4)25(29)26-21-11-9-8-10-12-21)24(28)16-14-20-13-15-22(30-6-2)23(18-20)31-7-3/h8-16,18-19H,5-7,17H2,1-4H3,(H,26,29)/b16-14+. The Morgan fingerprint density at radius 1 is 1.00 bits per heavy atom. The van der Waals surface area contributed by atoms with E-state index in [1.54, 1.807) is 17.9 Å². The molecular weight excluding hydrogens is 392 g/mol. The molecule has 6 heteroatoms. The Bertz CT molecular complexity index is 880. The largest absolute Gasteiger partial charge is 0.490 e. The maximum absolute atomic E-state index is 12.9. The van der Waals surface area contributed by atoms with E-state index in [4.69, 9.17) is 9.47 Å². The fourth-order valence-corrected chi connectivity index (χ4v) is 3.08. The van der Waals surface area contributed by atoms with Crippen molar-refractivity contribution in [2.75, 3.05) is 25.1 Å². The summed E-state index contributed by atoms with van der Waals surface area (Å²) in [6, 6.07) is 14.2. The first-order valence-corrected chi connectivity index (χ1v) is 10.7. The molecule has 0 heterocycles. The average molecular weight is 425 g/mol. The van der Waals surface area contributed by atoms with Crippen LogP contribution in [0.15, 0.2) is 54.6 Å². The van der Waals surface area contributed by atoms with Gasteiger partial charge in [-0.3, -0.25) is 9.59 Å². The van der Waals surface area contributed by atoms with E-state index < -0.39 is 6.04 Å². The van der Waals surface area contributed by atoms with E-state index in [1.807, 2.05) is 69.3 Å². The fourth-order valence-electron chi connectivity index (χ4n) is 3.08. The first kappa shape index (κ1) is 24.0. The van der Waals surface area contributed by atoms with Gasteiger partial charge in [0.15, 0.2) is 11.5 Å². The van der Waals surface area contributed by atoms with Gasteiger partial charge in [-0.05, 0) is 63.1 Å². The molecule has 0 bridgehead atoms. The van der Waals surface area contributed by atoms with Gasteiger partial charge in [0, 0.05) is 18.3 Å². The molecular formula is C25H32N2O4. The van der Waals surface area contributed by atoms with Crippen molar-refractivity contribution in [2.24, 2.45) is 0 Å². The number of carbonyl (C=O) groups is 2. The van der Waals surface area contributed by atoms with E-state index >= 15 is 0 Å². The van der Waals surface area contributed by atoms with E-state index in [-0.39, 0.29) is 11.8 Å². The van der Waals surface area contributed by atoms with Crippen LogP contribution in [0.3, 0.4) is 0 Å². The Labute approximate surface area is 184 Å². The van der Waals surface area contributed by atoms with Crippen LogP contribution >= 0.6 is 0 Å². The highest BCUT2D eigenvalue weighted by atomic mass is 16.5. The van der Waals surface area contributed by atoms with Crippen LogP contribution in [-0.4, -0.2) is 42.5 Å². The number of amides is 2. The lowest BCUT2D eigenvalue weighted by molar-refractivity contribution is -0.134. The highest BCUT2D eigenvalue weighted by Gasteiger charge is 2.24. The molecule has 2 aromatic carbocycles. The summed E-state index contributed by atoms with van der Waals surface area (Å²) >= 11 is 0. The number of rotatable bonds is 11. The van der Waals surface area contributed by atoms with Gasteiger partial charge in [0.1, 0.15) is 6.04 Å². The summed E-state index contributed by atoms with van der Waals surface area (Å²) in [5, 5.41) is 2.86. The minimum absolute atomic E-state index is 0.218. The summed E-state index contributed by atoms with van der Waals surface area (Å²) in [4.78, 5) is 27.1. The Hall–Kier alpha value is -3.28. The van der Waals surface area contributed by atoms with E-state index in [9.17, 15) is 9.59 Å². The van der Waals surface area contributed by atoms with Crippen molar-refractivity contribution in [2.45, 2.75) is 40.2 Å². The summed E-state index contributed by atoms with van der Waals surface area (Å²) in [6.45, 7) is 9.09. The van der Waals surface area contributed by atoms with Crippen molar-refractivity contribution in [3.8, 4) is 11.5 Å². The molecule has 1 unspecified atom stereocenters. The van der Waals surface area contributed by atoms with Crippen LogP contribution < -0.4 is 14.8 Å². The van der Waals surface area contributed by atoms with Crippen LogP contribution in [0.5, 0.6) is 11.5 Å². The van der Waals surface area contributed by atoms with Gasteiger partial charge in [0.2, 0.25) is 11.8 Å². The van der Waals surface area contributed by atoms with Gasteiger partial charge in [0.25, 0.3) is 0 Å². The van der Waals surface area contributed by atoms with Crippen molar-refractivity contribution in [1.29, 1.82) is 0 Å². The van der Waals surface area contributed by atoms with Crippen LogP contribution in [0.1, 0.15) is 39.7 Å². The number of nitrogens with one attached hydrogen (secondary N) is 1. The van der Waals surface area contributed by atoms with Crippen molar-refractivity contribution in [3.63, 3.8) is 0 Å². The second kappa shape index (κ2) is 12.4. The van der Waals surface area contributed by atoms with Gasteiger partial charge >= 0.3 is 0 Å². The molecule has 0 aliphatic carbocycles. The molecule has 1 atom stereocenters. The normalized spacial score (nSPS) is 11.7. The zero-order chi connectivity index (χ0) is 22.6. The highest BCUT2D eigenvalue weighted by Crippen LogP contribution is 2.29. The maximum Gasteiger partial charge on any atom is 0.247 e. The molecule has 6 nitrogen and oxygen atoms in total. The number of hydrogen-bond acceptors (Lipinski definition) is 4. The van der Waals surface area contributed by atoms with Crippen LogP contribution in [0, 0.1) is 0 Å². The molecule has 0 saturated heterocycles. The summed E-state index contributed by atoms with van der Waals surface area (Å²) in [7, 11) is 0. The van der Waals surface area contributed by atoms with Gasteiger partial charge in [-0.25, -0.2) is 0 Å². The van der Waals surface area contributed by atoms with Gasteiger partial charge in [0.05, 0.1) is 13.2 Å². The predicted octanol–water partition coefficient (Wildman–Crippen LogP) is 4.76. The molecule has 0 aromatic heterocycles. The van der Waals surface area contributed by atoms with E-state index in [2.05, 4.69) is 5.32 Å². The molecule has 2 aromatic rings. The lowest BCUT2D eigenvalue weighted by Crippen LogP contribution is -2.45. The van der Waals surface area contributed by atoms with Crippen LogP contribution in [0.4, 0.5) is 5.69 Å². The number of benzene rings is 2. The van der Waals surface area contributed by atoms with Crippen molar-refractivity contribution in [1.82, 2.24) is 4.90 Å². The second-order valence-electron chi connectivity index (χ2n) is 6.97. The molecule has 1 N–H and O–H groups in total. The van der Waals surface area contributed by atoms with Crippen LogP contribution in [0.25, 0.3) is 6.08 Å². The average Bonchev–Trinajstić information content (AvgIpc) is 2.78. The first-order valence-electron chi connectivity index (χ1n) is 10.7. The van der Waals surface area contributed by atoms with Crippen molar-refractivity contribution < 1.29 is 19.1 Å². The quantitative estimate of drug-likeness (QED) is 0.528. The maximum atomic E-state index is 12.9. The van der Waals surface area contributed by atoms with Crippen LogP contribution in [-0.2, 0) is 9.59 Å². The van der Waals surface area contributed by atoms with Gasteiger partial charge in [-0.15, -0.1) is 0 Å². The molecule has 0 spiro atoms. The summed E-state index contributed by atoms with van der Waals surface area (Å²) < 4.78 is 11.2. The number of anilines is 1. The third-order valence-corrected chi connectivity index (χ3v) is 4.62. The van der Waals surface area contributed by atoms with E-state index in [0.717, 1.165) is 12.0 Å². The molecule has 2 rings (SSSR count). The Morgan fingerprint density at radius 3 is 2.32 bits per heavy atom. The van der Waals surface area contributed by atoms with E-state index in [1.165, 1.54) is 6.08 Å². The molecule has 0 aliphatic heterocycles. The van der Waals surface area contributed by atoms with Gasteiger partial charge < -0.3 is 19.7 Å². The van der Waals surface area contributed by atoms with Gasteiger partial charge in [-0.2, -0.15) is 0 Å². The smallest absolute Gasteiger partial charge is 0.247 e. The first-order chi connectivity index (χ1) is 15.0. The topological polar surface area (TPSA) is 67.9 Å². The molecule has 0 fully saturated rings. The molecule has 31 heavy (non-hydrogen) atoms. The monoisotopic (exact) mass is 424 g/mol. The zero-order valence-electron chi connectivity index (χ0n) is 18.8. The second-order valence-corrected chi connectivity index (χ2v) is 6.97. The molecule has 0 radical (unpaired) electrons. The van der Waals surface area contributed by atoms with Crippen LogP contribution in [0.2, 0.25) is 0 Å². The molecule has 166 valence electrons. The lowest BCUT2D eigenvalue weighted by Gasteiger charge is -2.27. The highest BCUT2D eigenvalue weighted by molar-refractivity contribution is 5.99. The van der Waals surface area contributed by atoms with E-state index in [0.29, 0.717) is 36.9 Å².